The van der Waals surface area contributed by atoms with Crippen molar-refractivity contribution in [2.75, 3.05) is 0 Å². The molecule has 20 heavy (non-hydrogen) atoms. The van der Waals surface area contributed by atoms with Gasteiger partial charge in [-0.1, -0.05) is 29.8 Å². The summed E-state index contributed by atoms with van der Waals surface area (Å²) in [5.41, 5.74) is 6.62. The van der Waals surface area contributed by atoms with Crippen LogP contribution in [-0.4, -0.2) is 4.92 Å². The lowest BCUT2D eigenvalue weighted by molar-refractivity contribution is -0.384. The number of non-ortho nitro benzene ring substituents is 1. The summed E-state index contributed by atoms with van der Waals surface area (Å²) in [5, 5.41) is 10.8. The van der Waals surface area contributed by atoms with Crippen LogP contribution in [0, 0.1) is 10.1 Å². The fourth-order valence-electron chi connectivity index (χ4n) is 1.75. The SMILES string of the molecule is C[C@H](N)c1ccccc1Oc1ccc([N+](=O)[O-])cc1Cl. The maximum atomic E-state index is 10.7. The molecule has 0 radical (unpaired) electrons. The van der Waals surface area contributed by atoms with Crippen molar-refractivity contribution < 1.29 is 9.66 Å². The maximum Gasteiger partial charge on any atom is 0.271 e. The van der Waals surface area contributed by atoms with Gasteiger partial charge in [-0.05, 0) is 19.1 Å². The quantitative estimate of drug-likeness (QED) is 0.681. The molecule has 0 heterocycles. The molecule has 2 N–H and O–H groups in total. The number of nitrogens with zero attached hydrogens (tertiary/aromatic N) is 1. The molecule has 0 aromatic heterocycles. The van der Waals surface area contributed by atoms with Crippen LogP contribution in [-0.2, 0) is 0 Å². The minimum Gasteiger partial charge on any atom is -0.455 e. The van der Waals surface area contributed by atoms with Gasteiger partial charge < -0.3 is 10.5 Å². The highest BCUT2D eigenvalue weighted by Gasteiger charge is 2.13. The van der Waals surface area contributed by atoms with Crippen molar-refractivity contribution in [1.82, 2.24) is 0 Å². The normalized spacial score (nSPS) is 11.9. The molecule has 2 aromatic carbocycles. The van der Waals surface area contributed by atoms with Crippen LogP contribution in [0.4, 0.5) is 5.69 Å². The number of benzene rings is 2. The van der Waals surface area contributed by atoms with Gasteiger partial charge in [0.2, 0.25) is 0 Å². The Morgan fingerprint density at radius 1 is 1.25 bits per heavy atom. The number of halogens is 1. The standard InChI is InChI=1S/C14H13ClN2O3/c1-9(16)11-4-2-3-5-13(11)20-14-7-6-10(17(18)19)8-12(14)15/h2-9H,16H2,1H3/t9-/m0/s1. The Hall–Kier alpha value is -2.11. The largest absolute Gasteiger partial charge is 0.455 e. The van der Waals surface area contributed by atoms with E-state index in [4.69, 9.17) is 22.1 Å². The van der Waals surface area contributed by atoms with Crippen LogP contribution in [0.3, 0.4) is 0 Å². The van der Waals surface area contributed by atoms with Crippen LogP contribution in [0.25, 0.3) is 0 Å². The van der Waals surface area contributed by atoms with E-state index in [0.29, 0.717) is 11.5 Å². The zero-order valence-corrected chi connectivity index (χ0v) is 11.5. The van der Waals surface area contributed by atoms with Crippen molar-refractivity contribution >= 4 is 17.3 Å². The minimum absolute atomic E-state index is 0.0807. The van der Waals surface area contributed by atoms with Crippen molar-refractivity contribution in [2.24, 2.45) is 5.73 Å². The molecule has 0 unspecified atom stereocenters. The van der Waals surface area contributed by atoms with Gasteiger partial charge in [-0.2, -0.15) is 0 Å². The summed E-state index contributed by atoms with van der Waals surface area (Å²) in [6.45, 7) is 1.85. The van der Waals surface area contributed by atoms with Gasteiger partial charge in [-0.15, -0.1) is 0 Å². The van der Waals surface area contributed by atoms with E-state index in [9.17, 15) is 10.1 Å². The lowest BCUT2D eigenvalue weighted by Gasteiger charge is -2.14. The molecular weight excluding hydrogens is 280 g/mol. The molecule has 5 nitrogen and oxygen atoms in total. The van der Waals surface area contributed by atoms with Crippen LogP contribution < -0.4 is 10.5 Å². The molecule has 1 atom stereocenters. The fraction of sp³-hybridized carbons (Fsp3) is 0.143. The third-order valence-electron chi connectivity index (χ3n) is 2.76. The van der Waals surface area contributed by atoms with Gasteiger partial charge in [-0.3, -0.25) is 10.1 Å². The number of hydrogen-bond acceptors (Lipinski definition) is 4. The molecule has 0 spiro atoms. The first-order valence-corrected chi connectivity index (χ1v) is 6.33. The van der Waals surface area contributed by atoms with Crippen molar-refractivity contribution in [2.45, 2.75) is 13.0 Å². The lowest BCUT2D eigenvalue weighted by Crippen LogP contribution is -2.06. The summed E-state index contributed by atoms with van der Waals surface area (Å²) in [6.07, 6.45) is 0. The summed E-state index contributed by atoms with van der Waals surface area (Å²) in [4.78, 5) is 10.1. The number of rotatable bonds is 4. The third-order valence-corrected chi connectivity index (χ3v) is 3.05. The van der Waals surface area contributed by atoms with E-state index in [1.807, 2.05) is 25.1 Å². The molecule has 6 heteroatoms. The van der Waals surface area contributed by atoms with Crippen molar-refractivity contribution in [3.05, 3.63) is 63.2 Å². The summed E-state index contributed by atoms with van der Waals surface area (Å²) < 4.78 is 5.70. The smallest absolute Gasteiger partial charge is 0.271 e. The maximum absolute atomic E-state index is 10.7. The molecule has 0 amide bonds. The van der Waals surface area contributed by atoms with Gasteiger partial charge in [0.05, 0.1) is 9.95 Å². The molecule has 0 aliphatic heterocycles. The summed E-state index contributed by atoms with van der Waals surface area (Å²) in [5.74, 6) is 0.934. The van der Waals surface area contributed by atoms with Gasteiger partial charge in [0, 0.05) is 23.7 Å². The predicted octanol–water partition coefficient (Wildman–Crippen LogP) is 4.06. The molecule has 0 bridgehead atoms. The second kappa shape index (κ2) is 5.90. The van der Waals surface area contributed by atoms with Gasteiger partial charge in [0.1, 0.15) is 11.5 Å². The zero-order valence-electron chi connectivity index (χ0n) is 10.7. The van der Waals surface area contributed by atoms with Crippen molar-refractivity contribution in [3.8, 4) is 11.5 Å². The molecule has 0 aliphatic carbocycles. The first-order chi connectivity index (χ1) is 9.49. The topological polar surface area (TPSA) is 78.4 Å². The molecular formula is C14H13ClN2O3. The molecule has 0 aliphatic rings. The number of para-hydroxylation sites is 1. The molecule has 0 saturated carbocycles. The average molecular weight is 293 g/mol. The number of ether oxygens (including phenoxy) is 1. The highest BCUT2D eigenvalue weighted by molar-refractivity contribution is 6.32. The van der Waals surface area contributed by atoms with E-state index in [0.717, 1.165) is 5.56 Å². The van der Waals surface area contributed by atoms with Crippen LogP contribution >= 0.6 is 11.6 Å². The summed E-state index contributed by atoms with van der Waals surface area (Å²) in [6, 6.07) is 11.2. The number of nitrogens with two attached hydrogens (primary N) is 1. The Kier molecular flexibility index (Phi) is 4.22. The highest BCUT2D eigenvalue weighted by Crippen LogP contribution is 2.34. The van der Waals surface area contributed by atoms with Gasteiger partial charge >= 0.3 is 0 Å². The van der Waals surface area contributed by atoms with E-state index in [1.54, 1.807) is 6.07 Å². The van der Waals surface area contributed by atoms with Crippen LogP contribution in [0.1, 0.15) is 18.5 Å². The third kappa shape index (κ3) is 3.07. The molecule has 0 fully saturated rings. The number of nitro benzene ring substituents is 1. The molecule has 0 saturated heterocycles. The van der Waals surface area contributed by atoms with Crippen molar-refractivity contribution in [1.29, 1.82) is 0 Å². The van der Waals surface area contributed by atoms with Crippen LogP contribution in [0.2, 0.25) is 5.02 Å². The van der Waals surface area contributed by atoms with E-state index in [-0.39, 0.29) is 16.8 Å². The highest BCUT2D eigenvalue weighted by atomic mass is 35.5. The van der Waals surface area contributed by atoms with E-state index >= 15 is 0 Å². The first-order valence-electron chi connectivity index (χ1n) is 5.95. The second-order valence-corrected chi connectivity index (χ2v) is 4.71. The van der Waals surface area contributed by atoms with E-state index < -0.39 is 4.92 Å². The predicted molar refractivity (Wildman–Crippen MR) is 77.2 cm³/mol. The van der Waals surface area contributed by atoms with Gasteiger partial charge in [-0.25, -0.2) is 0 Å². The number of nitro groups is 1. The monoisotopic (exact) mass is 292 g/mol. The molecule has 104 valence electrons. The second-order valence-electron chi connectivity index (χ2n) is 4.30. The fourth-order valence-corrected chi connectivity index (χ4v) is 1.97. The molecule has 2 rings (SSSR count). The van der Waals surface area contributed by atoms with E-state index in [1.165, 1.54) is 18.2 Å². The minimum atomic E-state index is -0.508. The Labute approximate surface area is 121 Å². The van der Waals surface area contributed by atoms with Crippen LogP contribution in [0.5, 0.6) is 11.5 Å². The summed E-state index contributed by atoms with van der Waals surface area (Å²) >= 11 is 5.99. The Morgan fingerprint density at radius 3 is 2.55 bits per heavy atom. The van der Waals surface area contributed by atoms with E-state index in [2.05, 4.69) is 0 Å². The summed E-state index contributed by atoms with van der Waals surface area (Å²) in [7, 11) is 0. The van der Waals surface area contributed by atoms with Gasteiger partial charge in [0.15, 0.2) is 0 Å². The number of hydrogen-bond donors (Lipinski definition) is 1. The van der Waals surface area contributed by atoms with Crippen molar-refractivity contribution in [3.63, 3.8) is 0 Å². The Morgan fingerprint density at radius 2 is 1.95 bits per heavy atom. The Bertz CT molecular complexity index is 644. The zero-order chi connectivity index (χ0) is 14.7. The average Bonchev–Trinajstić information content (AvgIpc) is 2.41. The molecule has 2 aromatic rings. The first kappa shape index (κ1) is 14.3. The van der Waals surface area contributed by atoms with Crippen LogP contribution in [0.15, 0.2) is 42.5 Å². The lowest BCUT2D eigenvalue weighted by atomic mass is 10.1. The van der Waals surface area contributed by atoms with Gasteiger partial charge in [0.25, 0.3) is 5.69 Å². The Balaban J connectivity index is 2.33.